The van der Waals surface area contributed by atoms with Crippen LogP contribution in [0, 0.1) is 5.92 Å². The molecule has 9 heteroatoms. The summed E-state index contributed by atoms with van der Waals surface area (Å²) in [5.74, 6) is -0.902. The number of hydrogen-bond acceptors (Lipinski definition) is 7. The zero-order valence-electron chi connectivity index (χ0n) is 19.6. The number of nitrogens with zero attached hydrogens (tertiary/aromatic N) is 2. The van der Waals surface area contributed by atoms with Gasteiger partial charge >= 0.3 is 5.97 Å². The number of rotatable bonds is 4. The van der Waals surface area contributed by atoms with Crippen molar-refractivity contribution in [3.63, 3.8) is 0 Å². The Morgan fingerprint density at radius 3 is 2.82 bits per heavy atom. The molecule has 0 fully saturated rings. The van der Waals surface area contributed by atoms with Crippen molar-refractivity contribution in [2.45, 2.75) is 71.2 Å². The number of amides is 2. The zero-order valence-corrected chi connectivity index (χ0v) is 20.4. The summed E-state index contributed by atoms with van der Waals surface area (Å²) in [6, 6.07) is 4.68. The van der Waals surface area contributed by atoms with Gasteiger partial charge in [0.1, 0.15) is 22.7 Å². The first-order valence-corrected chi connectivity index (χ1v) is 12.3. The van der Waals surface area contributed by atoms with Gasteiger partial charge in [0, 0.05) is 5.75 Å². The average Bonchev–Trinajstić information content (AvgIpc) is 3.19. The molecule has 0 aromatic carbocycles. The summed E-state index contributed by atoms with van der Waals surface area (Å²) in [6.45, 7) is 7.73. The molecule has 1 aromatic heterocycles. The van der Waals surface area contributed by atoms with Crippen LogP contribution in [0.5, 0.6) is 0 Å². The molecule has 0 aliphatic carbocycles. The van der Waals surface area contributed by atoms with E-state index >= 15 is 0 Å². The number of ether oxygens (including phenoxy) is 1. The van der Waals surface area contributed by atoms with Gasteiger partial charge in [-0.1, -0.05) is 39.3 Å². The second-order valence-corrected chi connectivity index (χ2v) is 9.83. The van der Waals surface area contributed by atoms with E-state index < -0.39 is 23.7 Å². The Kier molecular flexibility index (Phi) is 8.29. The maximum atomic E-state index is 13.2. The van der Waals surface area contributed by atoms with Crippen molar-refractivity contribution in [1.29, 1.82) is 0 Å². The maximum Gasteiger partial charge on any atom is 0.329 e. The molecule has 0 spiro atoms. The fraction of sp³-hybridized carbons (Fsp3) is 0.542. The largest absolute Gasteiger partial charge is 0.456 e. The first-order chi connectivity index (χ1) is 15.7. The Morgan fingerprint density at radius 1 is 1.30 bits per heavy atom. The van der Waals surface area contributed by atoms with Crippen molar-refractivity contribution in [3.8, 4) is 0 Å². The van der Waals surface area contributed by atoms with Crippen LogP contribution in [0.4, 0.5) is 0 Å². The number of esters is 1. The standard InChI is InChI=1S/C24H32N4O4S/c1-5-6-7-10-17-12-19(29)25-13-16-9-8-11-18(26-16)21-28-24(4,14-33-21)23(31)27-20(15(2)3)22(30)32-17/h7-11,15,17,20H,5-6,12-14H2,1-4H3,(H,25,29)(H,27,31)/b10-7+/t17?,20?,24-/m0/s1. The minimum atomic E-state index is -1.02. The molecule has 0 radical (unpaired) electrons. The molecule has 2 N–H and O–H groups in total. The third-order valence-electron chi connectivity index (χ3n) is 5.49. The predicted molar refractivity (Wildman–Crippen MR) is 129 cm³/mol. The highest BCUT2D eigenvalue weighted by Crippen LogP contribution is 2.31. The summed E-state index contributed by atoms with van der Waals surface area (Å²) in [7, 11) is 0. The molecular weight excluding hydrogens is 440 g/mol. The molecule has 0 saturated carbocycles. The molecule has 33 heavy (non-hydrogen) atoms. The number of aliphatic imine (C=N–C) groups is 1. The third kappa shape index (κ3) is 6.43. The number of thioether (sulfide) groups is 1. The van der Waals surface area contributed by atoms with Crippen LogP contribution in [0.15, 0.2) is 35.3 Å². The van der Waals surface area contributed by atoms with Gasteiger partial charge < -0.3 is 15.4 Å². The van der Waals surface area contributed by atoms with E-state index in [1.54, 1.807) is 13.0 Å². The number of fused-ring (bicyclic) bond motifs is 4. The fourth-order valence-electron chi connectivity index (χ4n) is 3.47. The van der Waals surface area contributed by atoms with E-state index in [0.29, 0.717) is 22.2 Å². The number of unbranched alkanes of at least 4 members (excludes halogenated alkanes) is 1. The lowest BCUT2D eigenvalue weighted by Crippen LogP contribution is -2.53. The van der Waals surface area contributed by atoms with Gasteiger partial charge in [0.05, 0.1) is 24.4 Å². The Balaban J connectivity index is 1.95. The summed E-state index contributed by atoms with van der Waals surface area (Å²) in [4.78, 5) is 48.1. The molecular formula is C24H32N4O4S. The molecule has 2 amide bonds. The van der Waals surface area contributed by atoms with Crippen molar-refractivity contribution in [3.05, 3.63) is 41.7 Å². The number of carbonyl (C=O) groups excluding carboxylic acids is 3. The maximum absolute atomic E-state index is 13.2. The van der Waals surface area contributed by atoms with Crippen molar-refractivity contribution >= 4 is 34.6 Å². The summed E-state index contributed by atoms with van der Waals surface area (Å²) in [5.41, 5.74) is 0.330. The predicted octanol–water partition coefficient (Wildman–Crippen LogP) is 2.76. The van der Waals surface area contributed by atoms with Gasteiger partial charge in [0.2, 0.25) is 11.8 Å². The van der Waals surface area contributed by atoms with Crippen LogP contribution >= 0.6 is 11.8 Å². The Hall–Kier alpha value is -2.68. The molecule has 2 aliphatic heterocycles. The molecule has 178 valence electrons. The van der Waals surface area contributed by atoms with Crippen LogP contribution in [0.2, 0.25) is 0 Å². The SMILES string of the molecule is CCC/C=C/C1CC(=O)NCc2cccc(n2)C2=N[C@@](C)(CS2)C(=O)NC(C(C)C)C(=O)O1. The Bertz CT molecular complexity index is 962. The Morgan fingerprint density at radius 2 is 2.09 bits per heavy atom. The molecule has 2 aliphatic rings. The summed E-state index contributed by atoms with van der Waals surface area (Å²) in [5, 5.41) is 6.36. The lowest BCUT2D eigenvalue weighted by Gasteiger charge is -2.27. The molecule has 3 rings (SSSR count). The first-order valence-electron chi connectivity index (χ1n) is 11.4. The normalized spacial score (nSPS) is 26.7. The van der Waals surface area contributed by atoms with Crippen LogP contribution in [-0.4, -0.2) is 51.2 Å². The highest BCUT2D eigenvalue weighted by molar-refractivity contribution is 8.14. The lowest BCUT2D eigenvalue weighted by molar-refractivity contribution is -0.153. The van der Waals surface area contributed by atoms with Crippen LogP contribution in [0.25, 0.3) is 0 Å². The number of hydrogen-bond donors (Lipinski definition) is 2. The minimum absolute atomic E-state index is 0.00924. The molecule has 3 atom stereocenters. The van der Waals surface area contributed by atoms with Gasteiger partial charge in [0.25, 0.3) is 0 Å². The van der Waals surface area contributed by atoms with Gasteiger partial charge in [-0.05, 0) is 37.5 Å². The summed E-state index contributed by atoms with van der Waals surface area (Å²) in [6.07, 6.45) is 4.67. The van der Waals surface area contributed by atoms with E-state index in [9.17, 15) is 14.4 Å². The van der Waals surface area contributed by atoms with Gasteiger partial charge in [-0.25, -0.2) is 9.78 Å². The quantitative estimate of drug-likeness (QED) is 0.515. The van der Waals surface area contributed by atoms with Crippen LogP contribution in [0.3, 0.4) is 0 Å². The van der Waals surface area contributed by atoms with E-state index in [0.717, 1.165) is 12.8 Å². The molecule has 0 saturated heterocycles. The van der Waals surface area contributed by atoms with E-state index in [2.05, 4.69) is 20.6 Å². The van der Waals surface area contributed by atoms with Gasteiger partial charge in [-0.2, -0.15) is 0 Å². The lowest BCUT2D eigenvalue weighted by atomic mass is 10.0. The highest BCUT2D eigenvalue weighted by Gasteiger charge is 2.41. The first kappa shape index (κ1) is 25.0. The number of aromatic nitrogens is 1. The van der Waals surface area contributed by atoms with Crippen molar-refractivity contribution in [2.75, 3.05) is 5.75 Å². The molecule has 8 nitrogen and oxygen atoms in total. The third-order valence-corrected chi connectivity index (χ3v) is 6.77. The monoisotopic (exact) mass is 472 g/mol. The smallest absolute Gasteiger partial charge is 0.329 e. The highest BCUT2D eigenvalue weighted by atomic mass is 32.2. The van der Waals surface area contributed by atoms with E-state index in [4.69, 9.17) is 4.74 Å². The summed E-state index contributed by atoms with van der Waals surface area (Å²) < 4.78 is 5.69. The van der Waals surface area contributed by atoms with Crippen molar-refractivity contribution < 1.29 is 19.1 Å². The number of nitrogens with one attached hydrogen (secondary N) is 2. The number of allylic oxidation sites excluding steroid dienone is 1. The zero-order chi connectivity index (χ0) is 24.0. The Labute approximate surface area is 199 Å². The van der Waals surface area contributed by atoms with Crippen molar-refractivity contribution in [1.82, 2.24) is 15.6 Å². The molecule has 2 unspecified atom stereocenters. The minimum Gasteiger partial charge on any atom is -0.456 e. The van der Waals surface area contributed by atoms with Gasteiger partial charge in [0.15, 0.2) is 0 Å². The number of pyridine rings is 1. The molecule has 1 aromatic rings. The van der Waals surface area contributed by atoms with Crippen LogP contribution in [-0.2, 0) is 25.7 Å². The molecule has 4 bridgehead atoms. The topological polar surface area (TPSA) is 110 Å². The van der Waals surface area contributed by atoms with Crippen molar-refractivity contribution in [2.24, 2.45) is 10.9 Å². The van der Waals surface area contributed by atoms with Gasteiger partial charge in [-0.15, -0.1) is 11.8 Å². The van der Waals surface area contributed by atoms with E-state index in [-0.39, 0.29) is 30.7 Å². The van der Waals surface area contributed by atoms with Gasteiger partial charge in [-0.3, -0.25) is 14.6 Å². The second-order valence-electron chi connectivity index (χ2n) is 8.86. The second kappa shape index (κ2) is 11.0. The van der Waals surface area contributed by atoms with Crippen LogP contribution < -0.4 is 10.6 Å². The van der Waals surface area contributed by atoms with E-state index in [1.165, 1.54) is 11.8 Å². The number of carbonyl (C=O) groups is 3. The fourth-order valence-corrected chi connectivity index (χ4v) is 4.61. The summed E-state index contributed by atoms with van der Waals surface area (Å²) >= 11 is 1.45. The molecule has 3 heterocycles. The number of cyclic esters (lactones) is 1. The van der Waals surface area contributed by atoms with Crippen LogP contribution in [0.1, 0.15) is 58.3 Å². The van der Waals surface area contributed by atoms with E-state index in [1.807, 2.05) is 45.0 Å². The average molecular weight is 473 g/mol.